The Balaban J connectivity index is 1.66. The highest BCUT2D eigenvalue weighted by Crippen LogP contribution is 2.39. The van der Waals surface area contributed by atoms with Crippen LogP contribution in [0.5, 0.6) is 0 Å². The highest BCUT2D eigenvalue weighted by atomic mass is 16.3. The number of pyridine rings is 1. The average Bonchev–Trinajstić information content (AvgIpc) is 3.01. The van der Waals surface area contributed by atoms with E-state index < -0.39 is 0 Å². The van der Waals surface area contributed by atoms with Gasteiger partial charge in [0.15, 0.2) is 11.7 Å². The minimum Gasteiger partial charge on any atom is -0.448 e. The van der Waals surface area contributed by atoms with E-state index in [1.807, 2.05) is 18.2 Å². The van der Waals surface area contributed by atoms with Gasteiger partial charge < -0.3 is 4.42 Å². The maximum absolute atomic E-state index is 5.44. The zero-order chi connectivity index (χ0) is 12.7. The van der Waals surface area contributed by atoms with Gasteiger partial charge in [0.2, 0.25) is 5.82 Å². The summed E-state index contributed by atoms with van der Waals surface area (Å²) in [5.74, 6) is 2.45. The van der Waals surface area contributed by atoms with E-state index >= 15 is 0 Å². The molecule has 0 aliphatic heterocycles. The minimum atomic E-state index is 0.489. The van der Waals surface area contributed by atoms with E-state index in [1.54, 1.807) is 12.5 Å². The van der Waals surface area contributed by atoms with Crippen molar-refractivity contribution in [2.45, 2.75) is 18.8 Å². The van der Waals surface area contributed by atoms with Gasteiger partial charge in [-0.05, 0) is 25.0 Å². The predicted molar refractivity (Wildman–Crippen MR) is 67.1 cm³/mol. The van der Waals surface area contributed by atoms with Gasteiger partial charge in [-0.2, -0.15) is 5.10 Å². The third-order valence-corrected chi connectivity index (χ3v) is 3.07. The first-order valence-corrected chi connectivity index (χ1v) is 6.20. The lowest BCUT2D eigenvalue weighted by atomic mass is 10.3. The number of aromatic nitrogens is 5. The van der Waals surface area contributed by atoms with Gasteiger partial charge in [-0.1, -0.05) is 6.07 Å². The molecule has 3 aromatic heterocycles. The van der Waals surface area contributed by atoms with Crippen molar-refractivity contribution >= 4 is 0 Å². The summed E-state index contributed by atoms with van der Waals surface area (Å²) >= 11 is 0. The highest BCUT2D eigenvalue weighted by Gasteiger charge is 2.29. The molecule has 1 N–H and O–H groups in total. The standard InChI is InChI=1S/C13H11N5O/c1-2-6-14-9(3-1)11-16-12(18-17-11)10-7-19-13(15-10)8-4-5-8/h1-3,6-8H,4-5H2,(H,16,17,18). The average molecular weight is 253 g/mol. The smallest absolute Gasteiger partial charge is 0.203 e. The van der Waals surface area contributed by atoms with Crippen LogP contribution >= 0.6 is 0 Å². The van der Waals surface area contributed by atoms with Gasteiger partial charge in [0.05, 0.1) is 0 Å². The Kier molecular flexibility index (Phi) is 2.20. The summed E-state index contributed by atoms with van der Waals surface area (Å²) in [6.45, 7) is 0. The first kappa shape index (κ1) is 10.4. The van der Waals surface area contributed by atoms with Gasteiger partial charge in [-0.3, -0.25) is 10.1 Å². The number of hydrogen-bond donors (Lipinski definition) is 1. The highest BCUT2D eigenvalue weighted by molar-refractivity contribution is 5.54. The normalized spacial score (nSPS) is 14.7. The molecule has 1 saturated carbocycles. The number of oxazole rings is 1. The molecule has 1 aliphatic rings. The second-order valence-electron chi connectivity index (χ2n) is 4.57. The van der Waals surface area contributed by atoms with Gasteiger partial charge in [0, 0.05) is 12.1 Å². The van der Waals surface area contributed by atoms with Crippen LogP contribution in [0.2, 0.25) is 0 Å². The number of aromatic amines is 1. The third-order valence-electron chi connectivity index (χ3n) is 3.07. The Bertz CT molecular complexity index is 699. The molecule has 3 heterocycles. The Hall–Kier alpha value is -2.50. The molecule has 0 amide bonds. The summed E-state index contributed by atoms with van der Waals surface area (Å²) in [5.41, 5.74) is 1.42. The van der Waals surface area contributed by atoms with Gasteiger partial charge in [-0.25, -0.2) is 9.97 Å². The molecule has 4 rings (SSSR count). The lowest BCUT2D eigenvalue weighted by Crippen LogP contribution is -1.84. The Morgan fingerprint density at radius 2 is 2.11 bits per heavy atom. The van der Waals surface area contributed by atoms with Crippen molar-refractivity contribution < 1.29 is 4.42 Å². The first-order chi connectivity index (χ1) is 9.40. The number of rotatable bonds is 3. The molecule has 0 spiro atoms. The molecular weight excluding hydrogens is 242 g/mol. The van der Waals surface area contributed by atoms with Crippen LogP contribution in [0.3, 0.4) is 0 Å². The third kappa shape index (κ3) is 1.91. The molecule has 3 aromatic rings. The van der Waals surface area contributed by atoms with Gasteiger partial charge in [-0.15, -0.1) is 0 Å². The molecule has 0 saturated heterocycles. The second kappa shape index (κ2) is 4.01. The zero-order valence-electron chi connectivity index (χ0n) is 10.1. The topological polar surface area (TPSA) is 80.5 Å². The van der Waals surface area contributed by atoms with Crippen LogP contribution in [0.4, 0.5) is 0 Å². The fourth-order valence-corrected chi connectivity index (χ4v) is 1.90. The van der Waals surface area contributed by atoms with E-state index in [2.05, 4.69) is 25.1 Å². The largest absolute Gasteiger partial charge is 0.448 e. The molecule has 1 fully saturated rings. The number of nitrogens with one attached hydrogen (secondary N) is 1. The first-order valence-electron chi connectivity index (χ1n) is 6.20. The van der Waals surface area contributed by atoms with Crippen LogP contribution < -0.4 is 0 Å². The number of H-pyrrole nitrogens is 1. The molecule has 6 heteroatoms. The van der Waals surface area contributed by atoms with Crippen molar-refractivity contribution in [2.24, 2.45) is 0 Å². The Labute approximate surface area is 108 Å². The second-order valence-corrected chi connectivity index (χ2v) is 4.57. The van der Waals surface area contributed by atoms with Crippen LogP contribution in [0.15, 0.2) is 35.1 Å². The quantitative estimate of drug-likeness (QED) is 0.775. The predicted octanol–water partition coefficient (Wildman–Crippen LogP) is 2.40. The van der Waals surface area contributed by atoms with E-state index in [9.17, 15) is 0 Å². The number of nitrogens with zero attached hydrogens (tertiary/aromatic N) is 4. The van der Waals surface area contributed by atoms with E-state index in [0.29, 0.717) is 23.3 Å². The molecular formula is C13H11N5O. The molecule has 94 valence electrons. The summed E-state index contributed by atoms with van der Waals surface area (Å²) in [5, 5.41) is 7.03. The fraction of sp³-hybridized carbons (Fsp3) is 0.231. The monoisotopic (exact) mass is 253 g/mol. The zero-order valence-corrected chi connectivity index (χ0v) is 10.1. The Morgan fingerprint density at radius 3 is 2.89 bits per heavy atom. The summed E-state index contributed by atoms with van der Waals surface area (Å²) < 4.78 is 5.44. The summed E-state index contributed by atoms with van der Waals surface area (Å²) in [6.07, 6.45) is 5.65. The number of hydrogen-bond acceptors (Lipinski definition) is 5. The molecule has 0 aromatic carbocycles. The Morgan fingerprint density at radius 1 is 1.16 bits per heavy atom. The molecule has 6 nitrogen and oxygen atoms in total. The van der Waals surface area contributed by atoms with E-state index in [4.69, 9.17) is 4.42 Å². The van der Waals surface area contributed by atoms with Crippen molar-refractivity contribution in [1.29, 1.82) is 0 Å². The lowest BCUT2D eigenvalue weighted by molar-refractivity contribution is 0.497. The maximum Gasteiger partial charge on any atom is 0.203 e. The van der Waals surface area contributed by atoms with E-state index in [1.165, 1.54) is 0 Å². The molecule has 19 heavy (non-hydrogen) atoms. The van der Waals surface area contributed by atoms with Crippen LogP contribution in [0.25, 0.3) is 23.0 Å². The van der Waals surface area contributed by atoms with Gasteiger partial charge >= 0.3 is 0 Å². The van der Waals surface area contributed by atoms with Crippen LogP contribution in [-0.2, 0) is 0 Å². The minimum absolute atomic E-state index is 0.489. The lowest BCUT2D eigenvalue weighted by Gasteiger charge is -1.91. The molecule has 1 aliphatic carbocycles. The van der Waals surface area contributed by atoms with Crippen molar-refractivity contribution in [3.05, 3.63) is 36.5 Å². The van der Waals surface area contributed by atoms with Crippen molar-refractivity contribution in [1.82, 2.24) is 25.1 Å². The van der Waals surface area contributed by atoms with E-state index in [-0.39, 0.29) is 0 Å². The molecule has 0 bridgehead atoms. The summed E-state index contributed by atoms with van der Waals surface area (Å²) in [7, 11) is 0. The molecule has 0 atom stereocenters. The van der Waals surface area contributed by atoms with Gasteiger partial charge in [0.25, 0.3) is 0 Å². The van der Waals surface area contributed by atoms with Crippen LogP contribution in [-0.4, -0.2) is 25.1 Å². The maximum atomic E-state index is 5.44. The van der Waals surface area contributed by atoms with Crippen molar-refractivity contribution in [3.8, 4) is 23.0 Å². The summed E-state index contributed by atoms with van der Waals surface area (Å²) in [6, 6.07) is 5.65. The van der Waals surface area contributed by atoms with Crippen LogP contribution in [0, 0.1) is 0 Å². The van der Waals surface area contributed by atoms with Crippen LogP contribution in [0.1, 0.15) is 24.7 Å². The van der Waals surface area contributed by atoms with Crippen molar-refractivity contribution in [3.63, 3.8) is 0 Å². The molecule has 0 radical (unpaired) electrons. The van der Waals surface area contributed by atoms with Gasteiger partial charge in [0.1, 0.15) is 17.7 Å². The SMILES string of the molecule is c1ccc(-c2nc(-c3coc(C4CC4)n3)n[nH]2)nc1. The fourth-order valence-electron chi connectivity index (χ4n) is 1.90. The molecule has 0 unspecified atom stereocenters. The van der Waals surface area contributed by atoms with E-state index in [0.717, 1.165) is 24.4 Å². The van der Waals surface area contributed by atoms with Crippen molar-refractivity contribution in [2.75, 3.05) is 0 Å². The summed E-state index contributed by atoms with van der Waals surface area (Å²) in [4.78, 5) is 13.0.